The Balaban J connectivity index is 2.02. The lowest BCUT2D eigenvalue weighted by atomic mass is 10.1. The van der Waals surface area contributed by atoms with E-state index < -0.39 is 0 Å². The van der Waals surface area contributed by atoms with Crippen LogP contribution < -0.4 is 5.73 Å². The normalized spacial score (nSPS) is 10.6. The van der Waals surface area contributed by atoms with E-state index >= 15 is 0 Å². The molecule has 1 heterocycles. The van der Waals surface area contributed by atoms with Crippen molar-refractivity contribution in [2.24, 2.45) is 0 Å². The van der Waals surface area contributed by atoms with Crippen molar-refractivity contribution in [2.75, 3.05) is 5.73 Å². The summed E-state index contributed by atoms with van der Waals surface area (Å²) in [5.74, 6) is 0. The number of aromatic nitrogens is 2. The van der Waals surface area contributed by atoms with Gasteiger partial charge in [-0.15, -0.1) is 0 Å². The van der Waals surface area contributed by atoms with Gasteiger partial charge in [-0.05, 0) is 36.2 Å². The fraction of sp³-hybridized carbons (Fsp3) is 0.0625. The summed E-state index contributed by atoms with van der Waals surface area (Å²) in [6.45, 7) is 2.03. The molecule has 0 saturated carbocycles. The Labute approximate surface area is 112 Å². The average molecular weight is 249 g/mol. The molecule has 0 amide bonds. The molecule has 3 aromatic rings. The highest BCUT2D eigenvalue weighted by Gasteiger charge is 2.04. The molecule has 2 aromatic carbocycles. The third-order valence-corrected chi connectivity index (χ3v) is 3.04. The van der Waals surface area contributed by atoms with Crippen molar-refractivity contribution in [1.82, 2.24) is 9.78 Å². The first-order chi connectivity index (χ1) is 9.22. The Bertz CT molecular complexity index is 679. The largest absolute Gasteiger partial charge is 0.399 e. The molecule has 1 aromatic heterocycles. The predicted molar refractivity (Wildman–Crippen MR) is 78.1 cm³/mol. The van der Waals surface area contributed by atoms with Crippen molar-refractivity contribution in [3.8, 4) is 16.8 Å². The van der Waals surface area contributed by atoms with Crippen molar-refractivity contribution < 1.29 is 0 Å². The van der Waals surface area contributed by atoms with E-state index in [1.165, 1.54) is 0 Å². The summed E-state index contributed by atoms with van der Waals surface area (Å²) in [5.41, 5.74) is 11.0. The molecule has 0 aliphatic carbocycles. The SMILES string of the molecule is Cc1cc(N)cc(-n2cc(-c3ccccc3)cn2)c1. The summed E-state index contributed by atoms with van der Waals surface area (Å²) in [6, 6.07) is 16.2. The molecule has 0 unspecified atom stereocenters. The van der Waals surface area contributed by atoms with Crippen molar-refractivity contribution >= 4 is 5.69 Å². The van der Waals surface area contributed by atoms with Gasteiger partial charge >= 0.3 is 0 Å². The second-order valence-corrected chi connectivity index (χ2v) is 4.64. The molecular weight excluding hydrogens is 234 g/mol. The van der Waals surface area contributed by atoms with Crippen LogP contribution in [0.1, 0.15) is 5.56 Å². The molecule has 94 valence electrons. The molecule has 3 rings (SSSR count). The number of rotatable bonds is 2. The van der Waals surface area contributed by atoms with E-state index in [0.717, 1.165) is 28.1 Å². The lowest BCUT2D eigenvalue weighted by Crippen LogP contribution is -1.96. The fourth-order valence-electron chi connectivity index (χ4n) is 2.17. The van der Waals surface area contributed by atoms with Crippen molar-refractivity contribution in [1.29, 1.82) is 0 Å². The van der Waals surface area contributed by atoms with Gasteiger partial charge in [-0.25, -0.2) is 4.68 Å². The van der Waals surface area contributed by atoms with E-state index in [-0.39, 0.29) is 0 Å². The van der Waals surface area contributed by atoms with E-state index in [0.29, 0.717) is 0 Å². The first-order valence-corrected chi connectivity index (χ1v) is 6.20. The zero-order valence-corrected chi connectivity index (χ0v) is 10.7. The Kier molecular flexibility index (Phi) is 2.80. The van der Waals surface area contributed by atoms with E-state index in [1.807, 2.05) is 54.3 Å². The zero-order valence-electron chi connectivity index (χ0n) is 10.7. The van der Waals surface area contributed by atoms with Crippen LogP contribution in [0, 0.1) is 6.92 Å². The number of hydrogen-bond donors (Lipinski definition) is 1. The molecule has 0 fully saturated rings. The highest BCUT2D eigenvalue weighted by atomic mass is 15.3. The van der Waals surface area contributed by atoms with Crippen LogP contribution in [0.4, 0.5) is 5.69 Å². The predicted octanol–water partition coefficient (Wildman–Crippen LogP) is 3.43. The minimum atomic E-state index is 0.756. The van der Waals surface area contributed by atoms with Crippen LogP contribution in [-0.2, 0) is 0 Å². The second-order valence-electron chi connectivity index (χ2n) is 4.64. The molecule has 0 radical (unpaired) electrons. The number of nitrogens with zero attached hydrogens (tertiary/aromatic N) is 2. The van der Waals surface area contributed by atoms with Crippen LogP contribution in [0.3, 0.4) is 0 Å². The molecule has 0 bridgehead atoms. The van der Waals surface area contributed by atoms with Gasteiger partial charge in [0.2, 0.25) is 0 Å². The van der Waals surface area contributed by atoms with Crippen LogP contribution >= 0.6 is 0 Å². The maximum Gasteiger partial charge on any atom is 0.0668 e. The summed E-state index contributed by atoms with van der Waals surface area (Å²) in [4.78, 5) is 0. The first kappa shape index (κ1) is 11.5. The van der Waals surface area contributed by atoms with Crippen LogP contribution in [-0.4, -0.2) is 9.78 Å². The molecule has 3 nitrogen and oxygen atoms in total. The van der Waals surface area contributed by atoms with Crippen molar-refractivity contribution in [3.63, 3.8) is 0 Å². The van der Waals surface area contributed by atoms with Gasteiger partial charge < -0.3 is 5.73 Å². The quantitative estimate of drug-likeness (QED) is 0.707. The van der Waals surface area contributed by atoms with Gasteiger partial charge in [0.25, 0.3) is 0 Å². The standard InChI is InChI=1S/C16H15N3/c1-12-7-15(17)9-16(8-12)19-11-14(10-18-19)13-5-3-2-4-6-13/h2-11H,17H2,1H3. The van der Waals surface area contributed by atoms with E-state index in [4.69, 9.17) is 5.73 Å². The summed E-state index contributed by atoms with van der Waals surface area (Å²) < 4.78 is 1.85. The Morgan fingerprint density at radius 1 is 1.00 bits per heavy atom. The van der Waals surface area contributed by atoms with Crippen LogP contribution in [0.2, 0.25) is 0 Å². The van der Waals surface area contributed by atoms with Crippen molar-refractivity contribution in [3.05, 3.63) is 66.5 Å². The average Bonchev–Trinajstić information content (AvgIpc) is 2.88. The molecule has 0 aliphatic rings. The van der Waals surface area contributed by atoms with Crippen LogP contribution in [0.5, 0.6) is 0 Å². The third kappa shape index (κ3) is 2.36. The van der Waals surface area contributed by atoms with E-state index in [2.05, 4.69) is 23.3 Å². The van der Waals surface area contributed by atoms with Gasteiger partial charge in [-0.2, -0.15) is 5.10 Å². The van der Waals surface area contributed by atoms with Gasteiger partial charge in [-0.1, -0.05) is 30.3 Å². The highest BCUT2D eigenvalue weighted by Crippen LogP contribution is 2.21. The molecule has 0 aliphatic heterocycles. The maximum absolute atomic E-state index is 5.87. The van der Waals surface area contributed by atoms with E-state index in [1.54, 1.807) is 0 Å². The van der Waals surface area contributed by atoms with Crippen LogP contribution in [0.25, 0.3) is 16.8 Å². The minimum Gasteiger partial charge on any atom is -0.399 e. The van der Waals surface area contributed by atoms with Gasteiger partial charge in [0.05, 0.1) is 11.9 Å². The second kappa shape index (κ2) is 4.61. The number of aryl methyl sites for hydroxylation is 1. The smallest absolute Gasteiger partial charge is 0.0668 e. The van der Waals surface area contributed by atoms with Gasteiger partial charge in [-0.3, -0.25) is 0 Å². The number of hydrogen-bond acceptors (Lipinski definition) is 2. The molecular formula is C16H15N3. The molecule has 3 heteroatoms. The van der Waals surface area contributed by atoms with Crippen molar-refractivity contribution in [2.45, 2.75) is 6.92 Å². The zero-order chi connectivity index (χ0) is 13.2. The van der Waals surface area contributed by atoms with Gasteiger partial charge in [0.1, 0.15) is 0 Å². The molecule has 0 atom stereocenters. The third-order valence-electron chi connectivity index (χ3n) is 3.04. The van der Waals surface area contributed by atoms with Crippen LogP contribution in [0.15, 0.2) is 60.9 Å². The summed E-state index contributed by atoms with van der Waals surface area (Å²) in [6.07, 6.45) is 3.89. The number of nitrogen functional groups attached to an aromatic ring is 1. The summed E-state index contributed by atoms with van der Waals surface area (Å²) in [7, 11) is 0. The Morgan fingerprint density at radius 3 is 2.53 bits per heavy atom. The lowest BCUT2D eigenvalue weighted by molar-refractivity contribution is 0.880. The number of anilines is 1. The molecule has 0 saturated heterocycles. The Hall–Kier alpha value is -2.55. The molecule has 19 heavy (non-hydrogen) atoms. The molecule has 0 spiro atoms. The van der Waals surface area contributed by atoms with Gasteiger partial charge in [0.15, 0.2) is 0 Å². The maximum atomic E-state index is 5.87. The first-order valence-electron chi connectivity index (χ1n) is 6.20. The fourth-order valence-corrected chi connectivity index (χ4v) is 2.17. The Morgan fingerprint density at radius 2 is 1.79 bits per heavy atom. The molecule has 2 N–H and O–H groups in total. The topological polar surface area (TPSA) is 43.8 Å². The lowest BCUT2D eigenvalue weighted by Gasteiger charge is -2.04. The highest BCUT2D eigenvalue weighted by molar-refractivity contribution is 5.62. The number of nitrogens with two attached hydrogens (primary N) is 1. The van der Waals surface area contributed by atoms with Gasteiger partial charge in [0, 0.05) is 17.4 Å². The number of benzene rings is 2. The van der Waals surface area contributed by atoms with E-state index in [9.17, 15) is 0 Å². The minimum absolute atomic E-state index is 0.756. The summed E-state index contributed by atoms with van der Waals surface area (Å²) >= 11 is 0. The summed E-state index contributed by atoms with van der Waals surface area (Å²) in [5, 5.41) is 4.41. The monoisotopic (exact) mass is 249 g/mol.